The molecule has 1 atom stereocenters. The fourth-order valence-electron chi connectivity index (χ4n) is 4.02. The van der Waals surface area contributed by atoms with Crippen molar-refractivity contribution in [2.24, 2.45) is 5.92 Å². The molecule has 2 aromatic heterocycles. The van der Waals surface area contributed by atoms with Crippen LogP contribution < -0.4 is 5.32 Å². The second-order valence-electron chi connectivity index (χ2n) is 8.13. The van der Waals surface area contributed by atoms with Crippen LogP contribution in [0.3, 0.4) is 0 Å². The van der Waals surface area contributed by atoms with Gasteiger partial charge in [0.15, 0.2) is 0 Å². The second-order valence-corrected chi connectivity index (χ2v) is 9.13. The van der Waals surface area contributed by atoms with Crippen molar-refractivity contribution in [1.82, 2.24) is 14.9 Å². The van der Waals surface area contributed by atoms with E-state index in [1.807, 2.05) is 45.0 Å². The molecule has 7 heteroatoms. The van der Waals surface area contributed by atoms with Crippen molar-refractivity contribution < 1.29 is 9.59 Å². The van der Waals surface area contributed by atoms with E-state index in [-0.39, 0.29) is 17.7 Å². The summed E-state index contributed by atoms with van der Waals surface area (Å²) < 4.78 is 0. The van der Waals surface area contributed by atoms with E-state index in [1.54, 1.807) is 17.3 Å². The van der Waals surface area contributed by atoms with Gasteiger partial charge in [0.25, 0.3) is 5.91 Å². The van der Waals surface area contributed by atoms with Crippen molar-refractivity contribution in [2.45, 2.75) is 33.6 Å². The molecule has 3 heterocycles. The molecule has 160 valence electrons. The third kappa shape index (κ3) is 4.82. The van der Waals surface area contributed by atoms with Gasteiger partial charge in [-0.15, -0.1) is 11.3 Å². The minimum absolute atomic E-state index is 0.0282. The first kappa shape index (κ1) is 21.2. The summed E-state index contributed by atoms with van der Waals surface area (Å²) in [7, 11) is 0. The Hall–Kier alpha value is -3.06. The SMILES string of the molecule is Cc1cc(C)cc(NC(=O)C2CCCN(C(=O)c3sc(-c4cccnc4)nc3C)C2)c1. The number of piperidine rings is 1. The Labute approximate surface area is 186 Å². The number of nitrogens with one attached hydrogen (secondary N) is 1. The van der Waals surface area contributed by atoms with E-state index in [4.69, 9.17) is 0 Å². The maximum Gasteiger partial charge on any atom is 0.265 e. The highest BCUT2D eigenvalue weighted by atomic mass is 32.1. The molecule has 0 aliphatic carbocycles. The Balaban J connectivity index is 1.46. The molecule has 2 amide bonds. The molecular weight excluding hydrogens is 408 g/mol. The highest BCUT2D eigenvalue weighted by molar-refractivity contribution is 7.17. The maximum absolute atomic E-state index is 13.2. The van der Waals surface area contributed by atoms with E-state index in [0.29, 0.717) is 18.0 Å². The van der Waals surface area contributed by atoms with Gasteiger partial charge >= 0.3 is 0 Å². The summed E-state index contributed by atoms with van der Waals surface area (Å²) in [5, 5.41) is 3.82. The highest BCUT2D eigenvalue weighted by Crippen LogP contribution is 2.30. The molecule has 1 unspecified atom stereocenters. The van der Waals surface area contributed by atoms with E-state index in [2.05, 4.69) is 21.4 Å². The molecule has 4 rings (SSSR count). The molecule has 1 fully saturated rings. The molecule has 6 nitrogen and oxygen atoms in total. The second kappa shape index (κ2) is 8.98. The number of pyridine rings is 1. The summed E-state index contributed by atoms with van der Waals surface area (Å²) in [6.45, 7) is 6.97. The van der Waals surface area contributed by atoms with Crippen molar-refractivity contribution in [3.05, 3.63) is 64.4 Å². The first-order valence-corrected chi connectivity index (χ1v) is 11.3. The van der Waals surface area contributed by atoms with Crippen molar-refractivity contribution in [2.75, 3.05) is 18.4 Å². The van der Waals surface area contributed by atoms with Crippen LogP contribution in [0.4, 0.5) is 5.69 Å². The number of nitrogens with zero attached hydrogens (tertiary/aromatic N) is 3. The lowest BCUT2D eigenvalue weighted by Gasteiger charge is -2.32. The number of aromatic nitrogens is 2. The molecule has 1 aliphatic heterocycles. The Kier molecular flexibility index (Phi) is 6.13. The van der Waals surface area contributed by atoms with Crippen molar-refractivity contribution in [3.63, 3.8) is 0 Å². The van der Waals surface area contributed by atoms with Gasteiger partial charge < -0.3 is 10.2 Å². The molecule has 1 aromatic carbocycles. The number of thiazole rings is 1. The van der Waals surface area contributed by atoms with Gasteiger partial charge in [0, 0.05) is 36.7 Å². The standard InChI is InChI=1S/C24H26N4O2S/c1-15-10-16(2)12-20(11-15)27-22(29)19-7-5-9-28(14-19)24(30)21-17(3)26-23(31-21)18-6-4-8-25-13-18/h4,6,8,10-13,19H,5,7,9,14H2,1-3H3,(H,27,29). The van der Waals surface area contributed by atoms with Crippen molar-refractivity contribution in [3.8, 4) is 10.6 Å². The van der Waals surface area contributed by atoms with Gasteiger partial charge in [-0.05, 0) is 69.0 Å². The van der Waals surface area contributed by atoms with Gasteiger partial charge in [-0.1, -0.05) is 6.07 Å². The van der Waals surface area contributed by atoms with Gasteiger partial charge in [0.05, 0.1) is 11.6 Å². The van der Waals surface area contributed by atoms with Gasteiger partial charge in [-0.3, -0.25) is 14.6 Å². The number of amides is 2. The molecule has 1 N–H and O–H groups in total. The first-order valence-electron chi connectivity index (χ1n) is 10.5. The van der Waals surface area contributed by atoms with Crippen LogP contribution in [0.15, 0.2) is 42.7 Å². The number of anilines is 1. The number of hydrogen-bond acceptors (Lipinski definition) is 5. The Morgan fingerprint density at radius 3 is 2.65 bits per heavy atom. The predicted molar refractivity (Wildman–Crippen MR) is 123 cm³/mol. The number of rotatable bonds is 4. The molecule has 0 radical (unpaired) electrons. The summed E-state index contributed by atoms with van der Waals surface area (Å²) in [6.07, 6.45) is 5.06. The van der Waals surface area contributed by atoms with Crippen LogP contribution in [0.1, 0.15) is 39.3 Å². The molecule has 0 bridgehead atoms. The van der Waals surface area contributed by atoms with Crippen LogP contribution in [0.25, 0.3) is 10.6 Å². The number of carbonyl (C=O) groups is 2. The van der Waals surface area contributed by atoms with Crippen LogP contribution in [0, 0.1) is 26.7 Å². The van der Waals surface area contributed by atoms with E-state index in [1.165, 1.54) is 11.3 Å². The van der Waals surface area contributed by atoms with Crippen LogP contribution in [-0.4, -0.2) is 39.8 Å². The van der Waals surface area contributed by atoms with Gasteiger partial charge in [0.1, 0.15) is 9.88 Å². The van der Waals surface area contributed by atoms with Crippen LogP contribution in [0.5, 0.6) is 0 Å². The quantitative estimate of drug-likeness (QED) is 0.650. The Morgan fingerprint density at radius 2 is 1.94 bits per heavy atom. The summed E-state index contributed by atoms with van der Waals surface area (Å²) in [5.74, 6) is -0.293. The molecular formula is C24H26N4O2S. The fraction of sp³-hybridized carbons (Fsp3) is 0.333. The zero-order valence-electron chi connectivity index (χ0n) is 18.0. The summed E-state index contributed by atoms with van der Waals surface area (Å²) in [5.41, 5.74) is 4.65. The minimum atomic E-state index is -0.218. The Bertz CT molecular complexity index is 1090. The zero-order valence-corrected chi connectivity index (χ0v) is 18.8. The van der Waals surface area contributed by atoms with Crippen molar-refractivity contribution >= 4 is 28.8 Å². The smallest absolute Gasteiger partial charge is 0.265 e. The minimum Gasteiger partial charge on any atom is -0.337 e. The molecule has 3 aromatic rings. The number of hydrogen-bond donors (Lipinski definition) is 1. The molecule has 0 saturated carbocycles. The third-order valence-corrected chi connectivity index (χ3v) is 6.66. The number of aryl methyl sites for hydroxylation is 3. The summed E-state index contributed by atoms with van der Waals surface area (Å²) in [4.78, 5) is 37.3. The van der Waals surface area contributed by atoms with E-state index in [9.17, 15) is 9.59 Å². The predicted octanol–water partition coefficient (Wildman–Crippen LogP) is 4.62. The monoisotopic (exact) mass is 434 g/mol. The van der Waals surface area contributed by atoms with Gasteiger partial charge in [-0.2, -0.15) is 0 Å². The molecule has 31 heavy (non-hydrogen) atoms. The van der Waals surface area contributed by atoms with E-state index < -0.39 is 0 Å². The third-order valence-electron chi connectivity index (χ3n) is 5.47. The van der Waals surface area contributed by atoms with Crippen LogP contribution in [0.2, 0.25) is 0 Å². The van der Waals surface area contributed by atoms with E-state index in [0.717, 1.165) is 45.9 Å². The first-order chi connectivity index (χ1) is 14.9. The lowest BCUT2D eigenvalue weighted by atomic mass is 9.96. The average Bonchev–Trinajstić information content (AvgIpc) is 3.15. The largest absolute Gasteiger partial charge is 0.337 e. The van der Waals surface area contributed by atoms with Crippen LogP contribution >= 0.6 is 11.3 Å². The maximum atomic E-state index is 13.2. The molecule has 0 spiro atoms. The normalized spacial score (nSPS) is 16.2. The number of benzene rings is 1. The topological polar surface area (TPSA) is 75.2 Å². The van der Waals surface area contributed by atoms with Gasteiger partial charge in [0.2, 0.25) is 5.91 Å². The highest BCUT2D eigenvalue weighted by Gasteiger charge is 2.30. The van der Waals surface area contributed by atoms with Crippen molar-refractivity contribution in [1.29, 1.82) is 0 Å². The molecule has 1 saturated heterocycles. The lowest BCUT2D eigenvalue weighted by molar-refractivity contribution is -0.121. The summed E-state index contributed by atoms with van der Waals surface area (Å²) in [6, 6.07) is 9.81. The zero-order chi connectivity index (χ0) is 22.0. The fourth-order valence-corrected chi connectivity index (χ4v) is 5.04. The van der Waals surface area contributed by atoms with Gasteiger partial charge in [-0.25, -0.2) is 4.98 Å². The van der Waals surface area contributed by atoms with Crippen LogP contribution in [-0.2, 0) is 4.79 Å². The summed E-state index contributed by atoms with van der Waals surface area (Å²) >= 11 is 1.39. The number of likely N-dealkylation sites (tertiary alicyclic amines) is 1. The Morgan fingerprint density at radius 1 is 1.16 bits per heavy atom. The number of carbonyl (C=O) groups excluding carboxylic acids is 2. The van der Waals surface area contributed by atoms with E-state index >= 15 is 0 Å². The molecule has 1 aliphatic rings. The average molecular weight is 435 g/mol. The lowest BCUT2D eigenvalue weighted by Crippen LogP contribution is -2.43.